The summed E-state index contributed by atoms with van der Waals surface area (Å²) in [5, 5.41) is 9.48. The number of aryl methyl sites for hydroxylation is 4. The quantitative estimate of drug-likeness (QED) is 0.0703. The van der Waals surface area contributed by atoms with Crippen molar-refractivity contribution < 1.29 is 0 Å². The lowest BCUT2D eigenvalue weighted by Gasteiger charge is -2.28. The van der Waals surface area contributed by atoms with Crippen molar-refractivity contribution in [2.75, 3.05) is 9.80 Å². The second-order valence-corrected chi connectivity index (χ2v) is 25.2. The van der Waals surface area contributed by atoms with E-state index in [-0.39, 0.29) is 0 Å². The second kappa shape index (κ2) is 26.9. The largest absolute Gasteiger partial charge is 0.310 e. The predicted octanol–water partition coefficient (Wildman–Crippen LogP) is 26.5. The first-order valence-electron chi connectivity index (χ1n) is 33.2. The van der Waals surface area contributed by atoms with Gasteiger partial charge in [0.15, 0.2) is 0 Å². The third-order valence-electron chi connectivity index (χ3n) is 18.5. The fourth-order valence-electron chi connectivity index (χ4n) is 13.4. The van der Waals surface area contributed by atoms with Crippen molar-refractivity contribution in [3.63, 3.8) is 0 Å². The molecule has 15 rings (SSSR count). The van der Waals surface area contributed by atoms with Gasteiger partial charge in [-0.3, -0.25) is 0 Å². The van der Waals surface area contributed by atoms with Gasteiger partial charge in [-0.15, -0.1) is 0 Å². The summed E-state index contributed by atoms with van der Waals surface area (Å²) in [6, 6.07) is 116. The Morgan fingerprint density at radius 2 is 0.365 bits per heavy atom. The zero-order valence-corrected chi connectivity index (χ0v) is 54.5. The zero-order chi connectivity index (χ0) is 64.9. The van der Waals surface area contributed by atoms with Crippen molar-refractivity contribution in [3.05, 3.63) is 382 Å². The van der Waals surface area contributed by atoms with Gasteiger partial charge >= 0.3 is 0 Å². The van der Waals surface area contributed by atoms with Crippen molar-refractivity contribution in [2.45, 2.75) is 27.7 Å². The van der Waals surface area contributed by atoms with Gasteiger partial charge in [0.05, 0.1) is 11.4 Å². The lowest BCUT2D eigenvalue weighted by Crippen LogP contribution is -2.11. The van der Waals surface area contributed by atoms with E-state index >= 15 is 0 Å². The van der Waals surface area contributed by atoms with Gasteiger partial charge in [0.25, 0.3) is 0 Å². The molecule has 0 aliphatic carbocycles. The number of rotatable bonds is 16. The van der Waals surface area contributed by atoms with Crippen molar-refractivity contribution in [2.24, 2.45) is 0 Å². The first-order valence-corrected chi connectivity index (χ1v) is 33.2. The van der Waals surface area contributed by atoms with Gasteiger partial charge in [-0.1, -0.05) is 326 Å². The Morgan fingerprint density at radius 3 is 0.583 bits per heavy atom. The van der Waals surface area contributed by atoms with Gasteiger partial charge < -0.3 is 9.80 Å². The van der Waals surface area contributed by atoms with Crippen LogP contribution in [-0.4, -0.2) is 0 Å². The molecule has 2 nitrogen and oxygen atoms in total. The Hall–Kier alpha value is -12.1. The normalized spacial score (nSPS) is 11.8. The summed E-state index contributed by atoms with van der Waals surface area (Å²) in [7, 11) is 0. The summed E-state index contributed by atoms with van der Waals surface area (Å²) in [5.74, 6) is 0. The van der Waals surface area contributed by atoms with Crippen LogP contribution in [0.1, 0.15) is 66.8 Å². The van der Waals surface area contributed by atoms with Crippen LogP contribution in [-0.2, 0) is 0 Å². The number of anilines is 6. The van der Waals surface area contributed by atoms with Crippen LogP contribution in [0, 0.1) is 27.7 Å². The molecule has 0 fully saturated rings. The van der Waals surface area contributed by atoms with E-state index in [1.165, 1.54) is 99.1 Å². The van der Waals surface area contributed by atoms with Crippen LogP contribution in [0.3, 0.4) is 0 Å². The molecule has 15 aromatic rings. The zero-order valence-electron chi connectivity index (χ0n) is 54.5. The highest BCUT2D eigenvalue weighted by Gasteiger charge is 2.24. The fourth-order valence-corrected chi connectivity index (χ4v) is 13.4. The molecule has 0 radical (unpaired) electrons. The summed E-state index contributed by atoms with van der Waals surface area (Å²) < 4.78 is 0. The van der Waals surface area contributed by atoms with E-state index < -0.39 is 0 Å². The molecule has 0 aliphatic heterocycles. The van der Waals surface area contributed by atoms with Gasteiger partial charge in [0.2, 0.25) is 0 Å². The Morgan fingerprint density at radius 1 is 0.177 bits per heavy atom. The van der Waals surface area contributed by atoms with Crippen molar-refractivity contribution in [3.8, 4) is 22.3 Å². The van der Waals surface area contributed by atoms with Gasteiger partial charge in [-0.25, -0.2) is 0 Å². The maximum Gasteiger partial charge on any atom is 0.0540 e. The minimum atomic E-state index is 1.07. The summed E-state index contributed by atoms with van der Waals surface area (Å²) >= 11 is 0. The molecule has 0 amide bonds. The number of hydrogen-bond acceptors (Lipinski definition) is 2. The van der Waals surface area contributed by atoms with E-state index in [2.05, 4.69) is 402 Å². The molecular weight excluding hydrogens is 1160 g/mol. The van der Waals surface area contributed by atoms with Crippen molar-refractivity contribution in [1.29, 1.82) is 0 Å². The molecule has 96 heavy (non-hydrogen) atoms. The van der Waals surface area contributed by atoms with Crippen LogP contribution in [0.15, 0.2) is 315 Å². The number of fused-ring (bicyclic) bond motifs is 4. The molecule has 0 unspecified atom stereocenters. The van der Waals surface area contributed by atoms with E-state index in [0.29, 0.717) is 0 Å². The third-order valence-corrected chi connectivity index (χ3v) is 18.5. The molecule has 0 atom stereocenters. The lowest BCUT2D eigenvalue weighted by molar-refractivity contribution is 1.29. The average Bonchev–Trinajstić information content (AvgIpc) is 0.721. The molecule has 0 N–H and O–H groups in total. The number of benzene rings is 15. The van der Waals surface area contributed by atoms with E-state index in [4.69, 9.17) is 0 Å². The van der Waals surface area contributed by atoms with Gasteiger partial charge in [-0.2, -0.15) is 0 Å². The van der Waals surface area contributed by atoms with E-state index in [1.807, 2.05) is 0 Å². The van der Waals surface area contributed by atoms with Gasteiger partial charge in [-0.05, 0) is 187 Å². The predicted molar refractivity (Wildman–Crippen MR) is 417 cm³/mol. The summed E-state index contributed by atoms with van der Waals surface area (Å²) in [6.45, 7) is 8.51. The van der Waals surface area contributed by atoms with Crippen LogP contribution in [0.25, 0.3) is 114 Å². The highest BCUT2D eigenvalue weighted by atomic mass is 15.1. The fraction of sp³-hybridized carbons (Fsp3) is 0.0426. The molecule has 0 aliphatic rings. The molecule has 0 bridgehead atoms. The molecule has 0 saturated carbocycles. The van der Waals surface area contributed by atoms with Crippen LogP contribution in [0.2, 0.25) is 0 Å². The highest BCUT2D eigenvalue weighted by Crippen LogP contribution is 2.51. The summed E-state index contributed by atoms with van der Waals surface area (Å²) in [4.78, 5) is 4.84. The van der Waals surface area contributed by atoms with Gasteiger partial charge in [0, 0.05) is 33.5 Å². The Labute approximate surface area is 564 Å². The molecule has 2 heteroatoms. The van der Waals surface area contributed by atoms with Crippen LogP contribution >= 0.6 is 0 Å². The first-order chi connectivity index (χ1) is 47.2. The molecular formula is C94H72N2. The number of hydrogen-bond donors (Lipinski definition) is 0. The maximum atomic E-state index is 2.42. The van der Waals surface area contributed by atoms with Crippen LogP contribution < -0.4 is 9.80 Å². The molecule has 0 spiro atoms. The van der Waals surface area contributed by atoms with E-state index in [9.17, 15) is 0 Å². The Balaban J connectivity index is 0.841. The Kier molecular flexibility index (Phi) is 16.8. The third kappa shape index (κ3) is 12.6. The minimum absolute atomic E-state index is 1.07. The molecule has 0 aromatic heterocycles. The summed E-state index contributed by atoms with van der Waals surface area (Å²) in [6.07, 6.45) is 17.6. The smallest absolute Gasteiger partial charge is 0.0540 e. The molecule has 0 saturated heterocycles. The minimum Gasteiger partial charge on any atom is -0.310 e. The molecule has 15 aromatic carbocycles. The average molecular weight is 1230 g/mol. The lowest BCUT2D eigenvalue weighted by atomic mass is 9.83. The van der Waals surface area contributed by atoms with E-state index in [0.717, 1.165) is 67.2 Å². The van der Waals surface area contributed by atoms with E-state index in [1.54, 1.807) is 0 Å². The standard InChI is InChI=1S/C94H72N2/c1-65-21-29-69(30-22-65)37-41-73-45-53-77(54-46-73)95(78-55-47-74(48-56-78)42-38-70-31-23-66(2)24-32-70)91-63-61-89(81-13-5-7-15-83(81)91)93-85-17-9-11-19-87(85)94(88-20-12-10-18-86(88)93)90-62-64-92(84-16-8-6-14-82(84)90)96(79-57-49-75(50-58-79)43-39-71-33-25-67(3)26-34-71)80-59-51-76(52-60-80)44-40-72-35-27-68(4)28-36-72/h5-64H,1-4H3/b41-37+,42-38+,43-39+,44-40+. The topological polar surface area (TPSA) is 6.48 Å². The Bertz CT molecular complexity index is 4820. The highest BCUT2D eigenvalue weighted by molar-refractivity contribution is 6.26. The maximum absolute atomic E-state index is 2.42. The SMILES string of the molecule is Cc1ccc(/C=C/c2ccc(N(c3ccc(/C=C/c4ccc(C)cc4)cc3)c3ccc(-c4c5ccccc5c(-c5ccc(N(c6ccc(/C=C/c7ccc(C)cc7)cc6)c6ccc(/C=C/c7ccc(C)cc7)cc6)c6ccccc56)c5ccccc45)c4ccccc34)cc2)cc1. The monoisotopic (exact) mass is 1230 g/mol. The van der Waals surface area contributed by atoms with Crippen molar-refractivity contribution >= 4 is 126 Å². The molecule has 0 heterocycles. The summed E-state index contributed by atoms with van der Waals surface area (Å²) in [5.41, 5.74) is 25.6. The van der Waals surface area contributed by atoms with Gasteiger partial charge in [0.1, 0.15) is 0 Å². The van der Waals surface area contributed by atoms with Crippen molar-refractivity contribution in [1.82, 2.24) is 0 Å². The second-order valence-electron chi connectivity index (χ2n) is 25.2. The van der Waals surface area contributed by atoms with Crippen LogP contribution in [0.4, 0.5) is 34.1 Å². The first kappa shape index (κ1) is 60.2. The van der Waals surface area contributed by atoms with Crippen LogP contribution in [0.5, 0.6) is 0 Å². The molecule has 458 valence electrons. The number of nitrogens with zero attached hydrogens (tertiary/aromatic N) is 2.